The lowest BCUT2D eigenvalue weighted by Gasteiger charge is -2.16. The second kappa shape index (κ2) is 5.10. The zero-order valence-corrected chi connectivity index (χ0v) is 11.5. The van der Waals surface area contributed by atoms with Crippen molar-refractivity contribution in [1.82, 2.24) is 5.32 Å². The lowest BCUT2D eigenvalue weighted by atomic mass is 9.99. The zero-order chi connectivity index (χ0) is 14.1. The molecule has 3 rings (SSSR count). The summed E-state index contributed by atoms with van der Waals surface area (Å²) < 4.78 is 19.5. The van der Waals surface area contributed by atoms with E-state index in [1.807, 2.05) is 31.3 Å². The van der Waals surface area contributed by atoms with Crippen LogP contribution in [0.5, 0.6) is 0 Å². The van der Waals surface area contributed by atoms with Crippen molar-refractivity contribution in [2.45, 2.75) is 13.0 Å². The molecule has 0 radical (unpaired) electrons. The number of furan rings is 1. The van der Waals surface area contributed by atoms with Crippen LogP contribution in [0.25, 0.3) is 11.0 Å². The molecule has 0 amide bonds. The number of nitrogens with one attached hydrogen (secondary N) is 1. The molecular weight excluding hydrogens is 253 g/mol. The van der Waals surface area contributed by atoms with Crippen molar-refractivity contribution in [3.05, 3.63) is 71.2 Å². The molecule has 0 spiro atoms. The summed E-state index contributed by atoms with van der Waals surface area (Å²) in [5.74, 6) is 0.398. The molecule has 1 atom stereocenters. The zero-order valence-electron chi connectivity index (χ0n) is 11.5. The number of benzene rings is 2. The molecule has 1 heterocycles. The van der Waals surface area contributed by atoms with Gasteiger partial charge in [-0.1, -0.05) is 36.4 Å². The molecule has 1 N–H and O–H groups in total. The van der Waals surface area contributed by atoms with Crippen LogP contribution in [0.2, 0.25) is 0 Å². The standard InChI is InChI=1S/C17H16FNO/c1-11-6-3-4-8-13(11)16(19-2)15-10-12-7-5-9-14(18)17(12)20-15/h3-10,16,19H,1-2H3. The van der Waals surface area contributed by atoms with E-state index < -0.39 is 0 Å². The number of rotatable bonds is 3. The van der Waals surface area contributed by atoms with Gasteiger partial charge in [-0.25, -0.2) is 4.39 Å². The highest BCUT2D eigenvalue weighted by Crippen LogP contribution is 2.30. The van der Waals surface area contributed by atoms with E-state index in [2.05, 4.69) is 24.4 Å². The summed E-state index contributed by atoms with van der Waals surface area (Å²) in [6.07, 6.45) is 0. The lowest BCUT2D eigenvalue weighted by molar-refractivity contribution is 0.475. The van der Waals surface area contributed by atoms with E-state index in [4.69, 9.17) is 4.42 Å². The Kier molecular flexibility index (Phi) is 3.28. The van der Waals surface area contributed by atoms with Crippen LogP contribution in [-0.4, -0.2) is 7.05 Å². The Morgan fingerprint density at radius 2 is 1.90 bits per heavy atom. The fourth-order valence-electron chi connectivity index (χ4n) is 2.55. The van der Waals surface area contributed by atoms with Crippen molar-refractivity contribution < 1.29 is 8.81 Å². The van der Waals surface area contributed by atoms with Crippen LogP contribution in [0.15, 0.2) is 52.9 Å². The van der Waals surface area contributed by atoms with E-state index in [9.17, 15) is 4.39 Å². The quantitative estimate of drug-likeness (QED) is 0.771. The summed E-state index contributed by atoms with van der Waals surface area (Å²) in [5.41, 5.74) is 2.62. The molecular formula is C17H16FNO. The molecule has 3 aromatic rings. The van der Waals surface area contributed by atoms with Crippen molar-refractivity contribution in [2.75, 3.05) is 7.05 Å². The van der Waals surface area contributed by atoms with Gasteiger partial charge in [0.15, 0.2) is 11.4 Å². The Hall–Kier alpha value is -2.13. The van der Waals surface area contributed by atoms with Crippen LogP contribution in [-0.2, 0) is 0 Å². The lowest BCUT2D eigenvalue weighted by Crippen LogP contribution is -2.17. The van der Waals surface area contributed by atoms with E-state index in [0.717, 1.165) is 16.7 Å². The molecule has 1 aromatic heterocycles. The third-order valence-corrected chi connectivity index (χ3v) is 3.59. The SMILES string of the molecule is CNC(c1cc2cccc(F)c2o1)c1ccccc1C. The van der Waals surface area contributed by atoms with Crippen LogP contribution in [0.1, 0.15) is 22.9 Å². The Bertz CT molecular complexity index is 748. The molecule has 102 valence electrons. The minimum absolute atomic E-state index is 0.0806. The maximum atomic E-state index is 13.7. The van der Waals surface area contributed by atoms with Crippen molar-refractivity contribution in [3.63, 3.8) is 0 Å². The first-order valence-corrected chi connectivity index (χ1v) is 6.61. The van der Waals surface area contributed by atoms with Crippen LogP contribution >= 0.6 is 0 Å². The number of para-hydroxylation sites is 1. The average Bonchev–Trinajstić information content (AvgIpc) is 2.87. The number of fused-ring (bicyclic) bond motifs is 1. The van der Waals surface area contributed by atoms with Crippen LogP contribution in [0.4, 0.5) is 4.39 Å². The molecule has 1 unspecified atom stereocenters. The summed E-state index contributed by atoms with van der Waals surface area (Å²) in [4.78, 5) is 0. The maximum absolute atomic E-state index is 13.7. The number of aryl methyl sites for hydroxylation is 1. The normalized spacial score (nSPS) is 12.8. The van der Waals surface area contributed by atoms with E-state index in [1.54, 1.807) is 6.07 Å². The smallest absolute Gasteiger partial charge is 0.169 e. The average molecular weight is 269 g/mol. The van der Waals surface area contributed by atoms with Gasteiger partial charge in [-0.2, -0.15) is 0 Å². The Balaban J connectivity index is 2.12. The van der Waals surface area contributed by atoms with Crippen molar-refractivity contribution >= 4 is 11.0 Å². The van der Waals surface area contributed by atoms with Crippen molar-refractivity contribution in [1.29, 1.82) is 0 Å². The van der Waals surface area contributed by atoms with Gasteiger partial charge in [0.2, 0.25) is 0 Å². The highest BCUT2D eigenvalue weighted by atomic mass is 19.1. The van der Waals surface area contributed by atoms with E-state index in [0.29, 0.717) is 5.58 Å². The monoisotopic (exact) mass is 269 g/mol. The van der Waals surface area contributed by atoms with E-state index in [1.165, 1.54) is 11.6 Å². The topological polar surface area (TPSA) is 25.2 Å². The summed E-state index contributed by atoms with van der Waals surface area (Å²) >= 11 is 0. The largest absolute Gasteiger partial charge is 0.456 e. The maximum Gasteiger partial charge on any atom is 0.169 e. The summed E-state index contributed by atoms with van der Waals surface area (Å²) in [6.45, 7) is 2.06. The molecule has 2 aromatic carbocycles. The van der Waals surface area contributed by atoms with Gasteiger partial charge in [-0.15, -0.1) is 0 Å². The third-order valence-electron chi connectivity index (χ3n) is 3.59. The molecule has 0 aliphatic rings. The van der Waals surface area contributed by atoms with Gasteiger partial charge in [0.25, 0.3) is 0 Å². The molecule has 2 nitrogen and oxygen atoms in total. The van der Waals surface area contributed by atoms with Crippen LogP contribution < -0.4 is 5.32 Å². The number of hydrogen-bond donors (Lipinski definition) is 1. The number of halogens is 1. The Morgan fingerprint density at radius 3 is 2.60 bits per heavy atom. The first-order chi connectivity index (χ1) is 9.70. The van der Waals surface area contributed by atoms with Gasteiger partial charge in [-0.05, 0) is 37.2 Å². The van der Waals surface area contributed by atoms with Gasteiger partial charge < -0.3 is 9.73 Å². The van der Waals surface area contributed by atoms with Gasteiger partial charge in [0, 0.05) is 5.39 Å². The predicted octanol–water partition coefficient (Wildman–Crippen LogP) is 4.19. The van der Waals surface area contributed by atoms with Gasteiger partial charge in [0.05, 0.1) is 6.04 Å². The summed E-state index contributed by atoms with van der Waals surface area (Å²) in [7, 11) is 1.88. The fraction of sp³-hybridized carbons (Fsp3) is 0.176. The van der Waals surface area contributed by atoms with Gasteiger partial charge in [-0.3, -0.25) is 0 Å². The Labute approximate surface area is 117 Å². The molecule has 0 aliphatic carbocycles. The summed E-state index contributed by atoms with van der Waals surface area (Å²) in [5, 5.41) is 4.03. The van der Waals surface area contributed by atoms with Crippen molar-refractivity contribution in [3.8, 4) is 0 Å². The van der Waals surface area contributed by atoms with Crippen LogP contribution in [0.3, 0.4) is 0 Å². The summed E-state index contributed by atoms with van der Waals surface area (Å²) in [6, 6.07) is 14.9. The van der Waals surface area contributed by atoms with E-state index >= 15 is 0 Å². The highest BCUT2D eigenvalue weighted by molar-refractivity contribution is 5.78. The minimum Gasteiger partial charge on any atom is -0.456 e. The van der Waals surface area contributed by atoms with Gasteiger partial charge in [0.1, 0.15) is 5.76 Å². The van der Waals surface area contributed by atoms with Gasteiger partial charge >= 0.3 is 0 Å². The minimum atomic E-state index is -0.326. The predicted molar refractivity (Wildman–Crippen MR) is 78.3 cm³/mol. The number of hydrogen-bond acceptors (Lipinski definition) is 2. The third kappa shape index (κ3) is 2.10. The van der Waals surface area contributed by atoms with E-state index in [-0.39, 0.29) is 11.9 Å². The molecule has 0 saturated carbocycles. The second-order valence-electron chi connectivity index (χ2n) is 4.89. The molecule has 3 heteroatoms. The molecule has 0 aliphatic heterocycles. The second-order valence-corrected chi connectivity index (χ2v) is 4.89. The first kappa shape index (κ1) is 12.9. The van der Waals surface area contributed by atoms with Crippen molar-refractivity contribution in [2.24, 2.45) is 0 Å². The molecule has 0 bridgehead atoms. The highest BCUT2D eigenvalue weighted by Gasteiger charge is 2.19. The Morgan fingerprint density at radius 1 is 1.10 bits per heavy atom. The van der Waals surface area contributed by atoms with Crippen LogP contribution in [0, 0.1) is 12.7 Å². The molecule has 20 heavy (non-hydrogen) atoms. The molecule has 0 saturated heterocycles. The first-order valence-electron chi connectivity index (χ1n) is 6.61. The fourth-order valence-corrected chi connectivity index (χ4v) is 2.55. The molecule has 0 fully saturated rings.